The van der Waals surface area contributed by atoms with Gasteiger partial charge in [-0.3, -0.25) is 0 Å². The van der Waals surface area contributed by atoms with E-state index in [1.807, 2.05) is 6.92 Å². The second kappa shape index (κ2) is 7.81. The number of nitrogens with one attached hydrogen (secondary N) is 1. The fraction of sp³-hybridized carbons (Fsp3) is 0.478. The maximum Gasteiger partial charge on any atom is 0.124 e. The standard InChI is InChI=1S/C23H31NO3/c1-7-27-16-8-9-17-15(12-16)10-11-24-22(17)18-13-21(26-6)19(23(2,3)4)14-20(18)25-5/h8-9,12-14,22,24H,7,10-11H2,1-6H3. The van der Waals surface area contributed by atoms with Crippen molar-refractivity contribution in [3.8, 4) is 17.2 Å². The zero-order valence-electron chi connectivity index (χ0n) is 17.3. The van der Waals surface area contributed by atoms with E-state index >= 15 is 0 Å². The van der Waals surface area contributed by atoms with Crippen molar-refractivity contribution in [2.24, 2.45) is 0 Å². The van der Waals surface area contributed by atoms with Crippen molar-refractivity contribution in [3.63, 3.8) is 0 Å². The van der Waals surface area contributed by atoms with Crippen molar-refractivity contribution in [1.29, 1.82) is 0 Å². The Hall–Kier alpha value is -2.20. The van der Waals surface area contributed by atoms with Gasteiger partial charge in [-0.05, 0) is 54.2 Å². The number of hydrogen-bond acceptors (Lipinski definition) is 4. The van der Waals surface area contributed by atoms with Crippen LogP contribution < -0.4 is 19.5 Å². The van der Waals surface area contributed by atoms with Crippen molar-refractivity contribution >= 4 is 0 Å². The summed E-state index contributed by atoms with van der Waals surface area (Å²) in [6.45, 7) is 10.2. The van der Waals surface area contributed by atoms with Gasteiger partial charge in [-0.25, -0.2) is 0 Å². The molecule has 1 atom stereocenters. The summed E-state index contributed by atoms with van der Waals surface area (Å²) in [4.78, 5) is 0. The number of ether oxygens (including phenoxy) is 3. The Kier molecular flexibility index (Phi) is 5.66. The van der Waals surface area contributed by atoms with E-state index in [1.165, 1.54) is 11.1 Å². The Morgan fingerprint density at radius 2 is 1.74 bits per heavy atom. The first-order chi connectivity index (χ1) is 12.9. The quantitative estimate of drug-likeness (QED) is 0.834. The third kappa shape index (κ3) is 3.91. The number of fused-ring (bicyclic) bond motifs is 1. The van der Waals surface area contributed by atoms with Gasteiger partial charge in [-0.1, -0.05) is 26.8 Å². The van der Waals surface area contributed by atoms with E-state index in [1.54, 1.807) is 14.2 Å². The molecule has 2 aromatic carbocycles. The molecule has 0 spiro atoms. The SMILES string of the molecule is CCOc1ccc2c(c1)CCNC2c1cc(OC)c(C(C)(C)C)cc1OC. The average Bonchev–Trinajstić information content (AvgIpc) is 2.65. The fourth-order valence-electron chi connectivity index (χ4n) is 3.81. The zero-order chi connectivity index (χ0) is 19.6. The maximum atomic E-state index is 5.79. The largest absolute Gasteiger partial charge is 0.496 e. The van der Waals surface area contributed by atoms with E-state index in [0.29, 0.717) is 6.61 Å². The molecule has 0 fully saturated rings. The van der Waals surface area contributed by atoms with Gasteiger partial charge in [0.05, 0.1) is 26.9 Å². The predicted octanol–water partition coefficient (Wildman–Crippen LogP) is 4.64. The Labute approximate surface area is 162 Å². The molecule has 1 aliphatic heterocycles. The highest BCUT2D eigenvalue weighted by Gasteiger charge is 2.28. The first-order valence-electron chi connectivity index (χ1n) is 9.64. The lowest BCUT2D eigenvalue weighted by atomic mass is 9.83. The van der Waals surface area contributed by atoms with Crippen molar-refractivity contribution in [1.82, 2.24) is 5.32 Å². The third-order valence-electron chi connectivity index (χ3n) is 5.15. The van der Waals surface area contributed by atoms with Gasteiger partial charge >= 0.3 is 0 Å². The van der Waals surface area contributed by atoms with Gasteiger partial charge in [0, 0.05) is 17.7 Å². The molecule has 3 rings (SSSR count). The molecule has 0 saturated carbocycles. The van der Waals surface area contributed by atoms with Gasteiger partial charge in [-0.2, -0.15) is 0 Å². The smallest absolute Gasteiger partial charge is 0.124 e. The highest BCUT2D eigenvalue weighted by Crippen LogP contribution is 2.42. The lowest BCUT2D eigenvalue weighted by Crippen LogP contribution is -2.31. The predicted molar refractivity (Wildman–Crippen MR) is 109 cm³/mol. The molecule has 2 aromatic rings. The summed E-state index contributed by atoms with van der Waals surface area (Å²) in [5.41, 5.74) is 4.82. The molecule has 1 aliphatic rings. The molecule has 4 heteroatoms. The molecule has 27 heavy (non-hydrogen) atoms. The summed E-state index contributed by atoms with van der Waals surface area (Å²) < 4.78 is 17.2. The highest BCUT2D eigenvalue weighted by molar-refractivity contribution is 5.54. The van der Waals surface area contributed by atoms with E-state index in [-0.39, 0.29) is 11.5 Å². The lowest BCUT2D eigenvalue weighted by Gasteiger charge is -2.31. The van der Waals surface area contributed by atoms with Gasteiger partial charge in [0.25, 0.3) is 0 Å². The molecular weight excluding hydrogens is 338 g/mol. The molecule has 4 nitrogen and oxygen atoms in total. The minimum absolute atomic E-state index is 0.0263. The molecule has 0 aliphatic carbocycles. The summed E-state index contributed by atoms with van der Waals surface area (Å²) in [7, 11) is 3.47. The van der Waals surface area contributed by atoms with Crippen LogP contribution in [0.2, 0.25) is 0 Å². The molecule has 0 radical (unpaired) electrons. The van der Waals surface area contributed by atoms with Gasteiger partial charge in [0.2, 0.25) is 0 Å². The van der Waals surface area contributed by atoms with Crippen LogP contribution in [-0.4, -0.2) is 27.4 Å². The van der Waals surface area contributed by atoms with Gasteiger partial charge in [0.15, 0.2) is 0 Å². The number of methoxy groups -OCH3 is 2. The van der Waals surface area contributed by atoms with Crippen LogP contribution in [0.1, 0.15) is 56.0 Å². The molecule has 0 saturated heterocycles. The van der Waals surface area contributed by atoms with Crippen molar-refractivity contribution in [3.05, 3.63) is 52.6 Å². The number of rotatable bonds is 5. The van der Waals surface area contributed by atoms with Crippen LogP contribution in [0.25, 0.3) is 0 Å². The van der Waals surface area contributed by atoms with Crippen LogP contribution in [0, 0.1) is 0 Å². The van der Waals surface area contributed by atoms with Gasteiger partial charge < -0.3 is 19.5 Å². The highest BCUT2D eigenvalue weighted by atomic mass is 16.5. The Morgan fingerprint density at radius 3 is 2.37 bits per heavy atom. The fourth-order valence-corrected chi connectivity index (χ4v) is 3.81. The van der Waals surface area contributed by atoms with E-state index in [0.717, 1.165) is 41.3 Å². The lowest BCUT2D eigenvalue weighted by molar-refractivity contribution is 0.339. The normalized spacial score (nSPS) is 16.6. The minimum atomic E-state index is -0.0263. The average molecular weight is 370 g/mol. The molecule has 146 valence electrons. The summed E-state index contributed by atoms with van der Waals surface area (Å²) in [6.07, 6.45) is 0.992. The molecule has 0 aromatic heterocycles. The summed E-state index contributed by atoms with van der Waals surface area (Å²) in [6, 6.07) is 10.7. The Bertz CT molecular complexity index is 808. The molecule has 1 heterocycles. The van der Waals surface area contributed by atoms with Crippen LogP contribution in [0.3, 0.4) is 0 Å². The van der Waals surface area contributed by atoms with Gasteiger partial charge in [0.1, 0.15) is 17.2 Å². The van der Waals surface area contributed by atoms with Crippen molar-refractivity contribution in [2.45, 2.75) is 45.6 Å². The third-order valence-corrected chi connectivity index (χ3v) is 5.15. The molecule has 1 N–H and O–H groups in total. The Balaban J connectivity index is 2.10. The molecule has 0 bridgehead atoms. The van der Waals surface area contributed by atoms with E-state index in [9.17, 15) is 0 Å². The topological polar surface area (TPSA) is 39.7 Å². The van der Waals surface area contributed by atoms with Gasteiger partial charge in [-0.15, -0.1) is 0 Å². The summed E-state index contributed by atoms with van der Waals surface area (Å²) in [5.74, 6) is 2.72. The zero-order valence-corrected chi connectivity index (χ0v) is 17.3. The Morgan fingerprint density at radius 1 is 1.00 bits per heavy atom. The minimum Gasteiger partial charge on any atom is -0.496 e. The van der Waals surface area contributed by atoms with E-state index < -0.39 is 0 Å². The molecule has 1 unspecified atom stereocenters. The number of benzene rings is 2. The first-order valence-corrected chi connectivity index (χ1v) is 9.64. The maximum absolute atomic E-state index is 5.79. The van der Waals surface area contributed by atoms with E-state index in [4.69, 9.17) is 14.2 Å². The van der Waals surface area contributed by atoms with Crippen LogP contribution >= 0.6 is 0 Å². The van der Waals surface area contributed by atoms with Crippen LogP contribution in [-0.2, 0) is 11.8 Å². The molecular formula is C23H31NO3. The summed E-state index contributed by atoms with van der Waals surface area (Å²) >= 11 is 0. The first kappa shape index (κ1) is 19.6. The van der Waals surface area contributed by atoms with Crippen molar-refractivity contribution < 1.29 is 14.2 Å². The van der Waals surface area contributed by atoms with Crippen LogP contribution in [0.15, 0.2) is 30.3 Å². The summed E-state index contributed by atoms with van der Waals surface area (Å²) in [5, 5.41) is 3.65. The molecule has 0 amide bonds. The van der Waals surface area contributed by atoms with E-state index in [2.05, 4.69) is 56.4 Å². The van der Waals surface area contributed by atoms with Crippen molar-refractivity contribution in [2.75, 3.05) is 27.4 Å². The number of hydrogen-bond donors (Lipinski definition) is 1. The van der Waals surface area contributed by atoms with Crippen LogP contribution in [0.5, 0.6) is 17.2 Å². The second-order valence-electron chi connectivity index (χ2n) is 7.98. The van der Waals surface area contributed by atoms with Crippen LogP contribution in [0.4, 0.5) is 0 Å². The monoisotopic (exact) mass is 369 g/mol. The second-order valence-corrected chi connectivity index (χ2v) is 7.98.